The highest BCUT2D eigenvalue weighted by Gasteiger charge is 2.15. The molecule has 0 aliphatic heterocycles. The molecular formula is C30H24ClN3O4S. The summed E-state index contributed by atoms with van der Waals surface area (Å²) < 4.78 is 33.3. The van der Waals surface area contributed by atoms with Crippen LogP contribution in [0.3, 0.4) is 0 Å². The van der Waals surface area contributed by atoms with E-state index < -0.39 is 15.9 Å². The van der Waals surface area contributed by atoms with E-state index in [-0.39, 0.29) is 4.90 Å². The molecule has 0 spiro atoms. The van der Waals surface area contributed by atoms with Gasteiger partial charge in [-0.05, 0) is 66.2 Å². The predicted octanol–water partition coefficient (Wildman–Crippen LogP) is 6.61. The van der Waals surface area contributed by atoms with Gasteiger partial charge in [0.05, 0.1) is 22.7 Å². The number of nitrogens with one attached hydrogen (secondary N) is 2. The van der Waals surface area contributed by atoms with Gasteiger partial charge >= 0.3 is 0 Å². The third-order valence-corrected chi connectivity index (χ3v) is 7.92. The molecule has 0 aliphatic carbocycles. The van der Waals surface area contributed by atoms with Crippen LogP contribution in [0.2, 0.25) is 5.02 Å². The van der Waals surface area contributed by atoms with E-state index in [1.165, 1.54) is 36.4 Å². The van der Waals surface area contributed by atoms with Crippen molar-refractivity contribution in [2.45, 2.75) is 11.8 Å². The number of carbonyl (C=O) groups is 1. The highest BCUT2D eigenvalue weighted by atomic mass is 35.5. The molecule has 9 heteroatoms. The SMILES string of the molecule is CCOc1ccc(S(=O)(=O)Nc2ccc(C(=O)N/N=C/c3c4ccccc4c(Cl)c4ccccc34)cc2)cc1. The van der Waals surface area contributed by atoms with Crippen molar-refractivity contribution < 1.29 is 17.9 Å². The Kier molecular flexibility index (Phi) is 7.49. The summed E-state index contributed by atoms with van der Waals surface area (Å²) in [6, 6.07) is 27.7. The Morgan fingerprint density at radius 3 is 1.97 bits per heavy atom. The lowest BCUT2D eigenvalue weighted by Crippen LogP contribution is -2.18. The topological polar surface area (TPSA) is 96.9 Å². The van der Waals surface area contributed by atoms with E-state index in [0.29, 0.717) is 28.6 Å². The summed E-state index contributed by atoms with van der Waals surface area (Å²) in [5.41, 5.74) is 4.03. The summed E-state index contributed by atoms with van der Waals surface area (Å²) in [6.45, 7) is 2.34. The van der Waals surface area contributed by atoms with Crippen LogP contribution in [0.5, 0.6) is 5.75 Å². The number of benzene rings is 5. The van der Waals surface area contributed by atoms with Crippen LogP contribution in [-0.4, -0.2) is 27.1 Å². The molecule has 1 amide bonds. The Balaban J connectivity index is 1.31. The Morgan fingerprint density at radius 1 is 0.846 bits per heavy atom. The summed E-state index contributed by atoms with van der Waals surface area (Å²) >= 11 is 6.65. The lowest BCUT2D eigenvalue weighted by molar-refractivity contribution is 0.0955. The summed E-state index contributed by atoms with van der Waals surface area (Å²) in [4.78, 5) is 12.8. The maximum absolute atomic E-state index is 12.7. The number of amides is 1. The van der Waals surface area contributed by atoms with E-state index in [9.17, 15) is 13.2 Å². The second kappa shape index (κ2) is 11.1. The molecule has 0 aliphatic rings. The van der Waals surface area contributed by atoms with Crippen molar-refractivity contribution in [3.8, 4) is 5.75 Å². The highest BCUT2D eigenvalue weighted by molar-refractivity contribution is 7.92. The van der Waals surface area contributed by atoms with Crippen molar-refractivity contribution in [3.63, 3.8) is 0 Å². The number of hydrazone groups is 1. The fraction of sp³-hybridized carbons (Fsp3) is 0.0667. The summed E-state index contributed by atoms with van der Waals surface area (Å²) in [5.74, 6) is 0.154. The Morgan fingerprint density at radius 2 is 1.41 bits per heavy atom. The molecule has 5 aromatic rings. The van der Waals surface area contributed by atoms with Crippen LogP contribution in [0, 0.1) is 0 Å². The van der Waals surface area contributed by atoms with Crippen LogP contribution in [-0.2, 0) is 10.0 Å². The van der Waals surface area contributed by atoms with Crippen molar-refractivity contribution in [2.75, 3.05) is 11.3 Å². The van der Waals surface area contributed by atoms with Crippen molar-refractivity contribution in [1.82, 2.24) is 5.43 Å². The minimum atomic E-state index is -3.80. The number of sulfonamides is 1. The average Bonchev–Trinajstić information content (AvgIpc) is 2.95. The predicted molar refractivity (Wildman–Crippen MR) is 156 cm³/mol. The van der Waals surface area contributed by atoms with Crippen LogP contribution in [0.25, 0.3) is 21.5 Å². The molecule has 0 saturated heterocycles. The lowest BCUT2D eigenvalue weighted by atomic mass is 9.97. The first kappa shape index (κ1) is 26.2. The van der Waals surface area contributed by atoms with Gasteiger partial charge in [-0.25, -0.2) is 13.8 Å². The maximum atomic E-state index is 12.7. The summed E-state index contributed by atoms with van der Waals surface area (Å²) in [5, 5.41) is 8.50. The van der Waals surface area contributed by atoms with Crippen LogP contribution >= 0.6 is 11.6 Å². The van der Waals surface area contributed by atoms with Gasteiger partial charge in [-0.2, -0.15) is 5.10 Å². The fourth-order valence-corrected chi connectivity index (χ4v) is 5.64. The number of halogens is 1. The van der Waals surface area contributed by atoms with Crippen molar-refractivity contribution in [2.24, 2.45) is 5.10 Å². The second-order valence-corrected chi connectivity index (χ2v) is 10.7. The molecule has 2 N–H and O–H groups in total. The van der Waals surface area contributed by atoms with Crippen molar-refractivity contribution >= 4 is 61.0 Å². The molecule has 0 fully saturated rings. The third kappa shape index (κ3) is 5.57. The molecule has 196 valence electrons. The highest BCUT2D eigenvalue weighted by Crippen LogP contribution is 2.35. The van der Waals surface area contributed by atoms with E-state index >= 15 is 0 Å². The van der Waals surface area contributed by atoms with Crippen molar-refractivity contribution in [3.05, 3.63) is 113 Å². The second-order valence-electron chi connectivity index (χ2n) is 8.61. The van der Waals surface area contributed by atoms with Crippen LogP contribution < -0.4 is 14.9 Å². The lowest BCUT2D eigenvalue weighted by Gasteiger charge is -2.11. The van der Waals surface area contributed by atoms with Crippen LogP contribution in [0.15, 0.2) is 107 Å². The van der Waals surface area contributed by atoms with Gasteiger partial charge in [0, 0.05) is 27.6 Å². The fourth-order valence-electron chi connectivity index (χ4n) is 4.25. The minimum absolute atomic E-state index is 0.101. The van der Waals surface area contributed by atoms with E-state index in [4.69, 9.17) is 16.3 Å². The number of rotatable bonds is 8. The number of fused-ring (bicyclic) bond motifs is 2. The van der Waals surface area contributed by atoms with Gasteiger partial charge in [0.2, 0.25) is 0 Å². The zero-order valence-electron chi connectivity index (χ0n) is 20.9. The van der Waals surface area contributed by atoms with Gasteiger partial charge in [-0.1, -0.05) is 60.1 Å². The van der Waals surface area contributed by atoms with E-state index in [1.54, 1.807) is 18.3 Å². The normalized spacial score (nSPS) is 11.6. The standard InChI is InChI=1S/C30H24ClN3O4S/c1-2-38-22-15-17-23(18-16-22)39(36,37)34-21-13-11-20(12-14-21)30(35)33-32-19-28-24-7-3-5-9-26(24)29(31)27-10-6-4-8-25(27)28/h3-19,34H,2H2,1H3,(H,33,35)/b32-19+. The molecule has 7 nitrogen and oxygen atoms in total. The van der Waals surface area contributed by atoms with Gasteiger partial charge in [-0.3, -0.25) is 9.52 Å². The molecule has 0 unspecified atom stereocenters. The van der Waals surface area contributed by atoms with Crippen LogP contribution in [0.4, 0.5) is 5.69 Å². The Labute approximate surface area is 231 Å². The maximum Gasteiger partial charge on any atom is 0.271 e. The van der Waals surface area contributed by atoms with E-state index in [2.05, 4.69) is 15.2 Å². The quantitative estimate of drug-likeness (QED) is 0.127. The van der Waals surface area contributed by atoms with Crippen LogP contribution in [0.1, 0.15) is 22.8 Å². The molecule has 5 rings (SSSR count). The molecule has 5 aromatic carbocycles. The van der Waals surface area contributed by atoms with Gasteiger partial charge < -0.3 is 4.74 Å². The summed E-state index contributed by atoms with van der Waals surface area (Å²) in [7, 11) is -3.80. The number of nitrogens with zero attached hydrogens (tertiary/aromatic N) is 1. The number of hydrogen-bond donors (Lipinski definition) is 2. The molecule has 0 bridgehead atoms. The number of anilines is 1. The Bertz CT molecular complexity index is 1750. The molecule has 0 heterocycles. The van der Waals surface area contributed by atoms with Crippen molar-refractivity contribution in [1.29, 1.82) is 0 Å². The zero-order chi connectivity index (χ0) is 27.4. The minimum Gasteiger partial charge on any atom is -0.494 e. The largest absolute Gasteiger partial charge is 0.494 e. The average molecular weight is 558 g/mol. The molecule has 0 radical (unpaired) electrons. The first-order chi connectivity index (χ1) is 18.9. The summed E-state index contributed by atoms with van der Waals surface area (Å²) in [6.07, 6.45) is 1.61. The molecule has 0 saturated carbocycles. The van der Waals surface area contributed by atoms with E-state index in [0.717, 1.165) is 27.1 Å². The molecule has 0 aromatic heterocycles. The van der Waals surface area contributed by atoms with Gasteiger partial charge in [0.1, 0.15) is 5.75 Å². The van der Waals surface area contributed by atoms with E-state index in [1.807, 2.05) is 55.5 Å². The number of hydrogen-bond acceptors (Lipinski definition) is 5. The molecule has 0 atom stereocenters. The zero-order valence-corrected chi connectivity index (χ0v) is 22.5. The monoisotopic (exact) mass is 557 g/mol. The first-order valence-corrected chi connectivity index (χ1v) is 14.0. The van der Waals surface area contributed by atoms with Gasteiger partial charge in [0.25, 0.3) is 15.9 Å². The molecular weight excluding hydrogens is 534 g/mol. The smallest absolute Gasteiger partial charge is 0.271 e. The number of ether oxygens (including phenoxy) is 1. The van der Waals surface area contributed by atoms with Gasteiger partial charge in [0.15, 0.2) is 0 Å². The molecule has 39 heavy (non-hydrogen) atoms. The Hall–Kier alpha value is -4.40. The first-order valence-electron chi connectivity index (χ1n) is 12.2. The third-order valence-electron chi connectivity index (χ3n) is 6.11. The number of carbonyl (C=O) groups excluding carboxylic acids is 1. The van der Waals surface area contributed by atoms with Gasteiger partial charge in [-0.15, -0.1) is 0 Å².